The molecular weight excluding hydrogens is 242 g/mol. The topological polar surface area (TPSA) is 39.7 Å². The fourth-order valence-electron chi connectivity index (χ4n) is 1.93. The summed E-state index contributed by atoms with van der Waals surface area (Å²) in [5.74, 6) is 1.53. The smallest absolute Gasteiger partial charge is 0.161 e. The van der Waals surface area contributed by atoms with Crippen molar-refractivity contribution in [1.82, 2.24) is 5.32 Å². The quantitative estimate of drug-likeness (QED) is 0.698. The molecule has 4 nitrogen and oxygen atoms in total. The molecule has 0 aliphatic heterocycles. The molecule has 108 valence electrons. The van der Waals surface area contributed by atoms with Crippen LogP contribution in [0.1, 0.15) is 31.4 Å². The number of methoxy groups -OCH3 is 3. The summed E-state index contributed by atoms with van der Waals surface area (Å²) in [6.07, 6.45) is 2.20. The Labute approximate surface area is 116 Å². The second-order valence-electron chi connectivity index (χ2n) is 4.49. The number of ether oxygens (including phenoxy) is 3. The van der Waals surface area contributed by atoms with E-state index < -0.39 is 0 Å². The molecule has 4 heteroatoms. The maximum Gasteiger partial charge on any atom is 0.161 e. The highest BCUT2D eigenvalue weighted by molar-refractivity contribution is 5.43. The Hall–Kier alpha value is -1.26. The Morgan fingerprint density at radius 1 is 1.05 bits per heavy atom. The van der Waals surface area contributed by atoms with Crippen molar-refractivity contribution in [2.75, 3.05) is 34.5 Å². The lowest BCUT2D eigenvalue weighted by molar-refractivity contribution is 0.192. The molecule has 0 saturated carbocycles. The molecule has 1 atom stereocenters. The summed E-state index contributed by atoms with van der Waals surface area (Å²) < 4.78 is 15.6. The average Bonchev–Trinajstić information content (AvgIpc) is 2.46. The lowest BCUT2D eigenvalue weighted by atomic mass is 10.1. The summed E-state index contributed by atoms with van der Waals surface area (Å²) in [6, 6.07) is 6.32. The van der Waals surface area contributed by atoms with Crippen LogP contribution in [-0.2, 0) is 4.74 Å². The van der Waals surface area contributed by atoms with Crippen molar-refractivity contribution in [3.8, 4) is 11.5 Å². The minimum Gasteiger partial charge on any atom is -0.493 e. The molecule has 1 rings (SSSR count). The predicted molar refractivity (Wildman–Crippen MR) is 77.1 cm³/mol. The van der Waals surface area contributed by atoms with E-state index in [-0.39, 0.29) is 0 Å². The highest BCUT2D eigenvalue weighted by Crippen LogP contribution is 2.29. The van der Waals surface area contributed by atoms with Gasteiger partial charge in [0.25, 0.3) is 0 Å². The normalized spacial score (nSPS) is 12.2. The van der Waals surface area contributed by atoms with Crippen LogP contribution in [0.3, 0.4) is 0 Å². The van der Waals surface area contributed by atoms with Gasteiger partial charge in [0.2, 0.25) is 0 Å². The standard InChI is InChI=1S/C15H25NO3/c1-12(16-9-5-6-10-17-2)13-7-8-14(18-3)15(11-13)19-4/h7-8,11-12,16H,5-6,9-10H2,1-4H3. The van der Waals surface area contributed by atoms with Gasteiger partial charge in [-0.3, -0.25) is 0 Å². The zero-order valence-electron chi connectivity index (χ0n) is 12.4. The first-order chi connectivity index (χ1) is 9.22. The highest BCUT2D eigenvalue weighted by Gasteiger charge is 2.09. The molecule has 1 aromatic rings. The van der Waals surface area contributed by atoms with Crippen molar-refractivity contribution in [2.24, 2.45) is 0 Å². The van der Waals surface area contributed by atoms with Gasteiger partial charge in [0.05, 0.1) is 14.2 Å². The first-order valence-electron chi connectivity index (χ1n) is 6.67. The Morgan fingerprint density at radius 3 is 2.42 bits per heavy atom. The monoisotopic (exact) mass is 267 g/mol. The van der Waals surface area contributed by atoms with Gasteiger partial charge >= 0.3 is 0 Å². The van der Waals surface area contributed by atoms with Crippen molar-refractivity contribution in [3.63, 3.8) is 0 Å². The van der Waals surface area contributed by atoms with E-state index in [1.54, 1.807) is 21.3 Å². The zero-order chi connectivity index (χ0) is 14.1. The van der Waals surface area contributed by atoms with E-state index in [9.17, 15) is 0 Å². The lowest BCUT2D eigenvalue weighted by Gasteiger charge is -2.16. The molecule has 1 N–H and O–H groups in total. The molecule has 0 fully saturated rings. The minimum atomic E-state index is 0.294. The van der Waals surface area contributed by atoms with Gasteiger partial charge in [-0.1, -0.05) is 6.07 Å². The van der Waals surface area contributed by atoms with Crippen LogP contribution in [0.5, 0.6) is 11.5 Å². The Bertz CT molecular complexity index is 368. The maximum absolute atomic E-state index is 5.32. The SMILES string of the molecule is COCCCCNC(C)c1ccc(OC)c(OC)c1. The Balaban J connectivity index is 2.49. The fraction of sp³-hybridized carbons (Fsp3) is 0.600. The van der Waals surface area contributed by atoms with Crippen molar-refractivity contribution < 1.29 is 14.2 Å². The second kappa shape index (κ2) is 8.77. The molecule has 0 spiro atoms. The number of nitrogens with one attached hydrogen (secondary N) is 1. The minimum absolute atomic E-state index is 0.294. The number of unbranched alkanes of at least 4 members (excludes halogenated alkanes) is 1. The third-order valence-corrected chi connectivity index (χ3v) is 3.13. The van der Waals surface area contributed by atoms with Gasteiger partial charge < -0.3 is 19.5 Å². The second-order valence-corrected chi connectivity index (χ2v) is 4.49. The van der Waals surface area contributed by atoms with Gasteiger partial charge in [-0.05, 0) is 44.0 Å². The van der Waals surface area contributed by atoms with Crippen molar-refractivity contribution in [2.45, 2.75) is 25.8 Å². The van der Waals surface area contributed by atoms with Crippen LogP contribution in [0, 0.1) is 0 Å². The van der Waals surface area contributed by atoms with Crippen LogP contribution >= 0.6 is 0 Å². The van der Waals surface area contributed by atoms with E-state index in [0.29, 0.717) is 6.04 Å². The molecule has 1 unspecified atom stereocenters. The zero-order valence-corrected chi connectivity index (χ0v) is 12.4. The van der Waals surface area contributed by atoms with E-state index in [1.165, 1.54) is 5.56 Å². The summed E-state index contributed by atoms with van der Waals surface area (Å²) in [5, 5.41) is 3.49. The number of hydrogen-bond acceptors (Lipinski definition) is 4. The molecule has 0 aliphatic rings. The van der Waals surface area contributed by atoms with Crippen molar-refractivity contribution >= 4 is 0 Å². The first-order valence-corrected chi connectivity index (χ1v) is 6.67. The van der Waals surface area contributed by atoms with Crippen LogP contribution in [0.15, 0.2) is 18.2 Å². The van der Waals surface area contributed by atoms with E-state index in [1.807, 2.05) is 12.1 Å². The third-order valence-electron chi connectivity index (χ3n) is 3.13. The summed E-state index contributed by atoms with van der Waals surface area (Å²) >= 11 is 0. The molecule has 0 aromatic heterocycles. The van der Waals surface area contributed by atoms with E-state index in [2.05, 4.69) is 18.3 Å². The molecule has 0 saturated heterocycles. The number of rotatable bonds is 9. The van der Waals surface area contributed by atoms with E-state index in [0.717, 1.165) is 37.5 Å². The maximum atomic E-state index is 5.32. The predicted octanol–water partition coefficient (Wildman–Crippen LogP) is 2.78. The van der Waals surface area contributed by atoms with Gasteiger partial charge in [0, 0.05) is 19.8 Å². The summed E-state index contributed by atoms with van der Waals surface area (Å²) in [5.41, 5.74) is 1.20. The summed E-state index contributed by atoms with van der Waals surface area (Å²) in [6.45, 7) is 3.96. The fourth-order valence-corrected chi connectivity index (χ4v) is 1.93. The molecule has 0 amide bonds. The summed E-state index contributed by atoms with van der Waals surface area (Å²) in [4.78, 5) is 0. The van der Waals surface area contributed by atoms with Gasteiger partial charge in [-0.2, -0.15) is 0 Å². The molecule has 0 aliphatic carbocycles. The molecule has 0 bridgehead atoms. The average molecular weight is 267 g/mol. The summed E-state index contributed by atoms with van der Waals surface area (Å²) in [7, 11) is 5.04. The third kappa shape index (κ3) is 5.09. The molecular formula is C15H25NO3. The largest absolute Gasteiger partial charge is 0.493 e. The number of hydrogen-bond donors (Lipinski definition) is 1. The van der Waals surface area contributed by atoms with Crippen LogP contribution in [0.2, 0.25) is 0 Å². The van der Waals surface area contributed by atoms with Gasteiger partial charge in [-0.25, -0.2) is 0 Å². The Morgan fingerprint density at radius 2 is 1.79 bits per heavy atom. The van der Waals surface area contributed by atoms with Crippen LogP contribution in [0.25, 0.3) is 0 Å². The van der Waals surface area contributed by atoms with Gasteiger partial charge in [0.1, 0.15) is 0 Å². The molecule has 0 radical (unpaired) electrons. The van der Waals surface area contributed by atoms with Crippen molar-refractivity contribution in [3.05, 3.63) is 23.8 Å². The Kier molecular flexibility index (Phi) is 7.30. The van der Waals surface area contributed by atoms with Gasteiger partial charge in [0.15, 0.2) is 11.5 Å². The van der Waals surface area contributed by atoms with E-state index >= 15 is 0 Å². The number of benzene rings is 1. The van der Waals surface area contributed by atoms with E-state index in [4.69, 9.17) is 14.2 Å². The molecule has 19 heavy (non-hydrogen) atoms. The van der Waals surface area contributed by atoms with Crippen LogP contribution < -0.4 is 14.8 Å². The molecule has 1 aromatic carbocycles. The van der Waals surface area contributed by atoms with Crippen molar-refractivity contribution in [1.29, 1.82) is 0 Å². The van der Waals surface area contributed by atoms with Crippen LogP contribution in [-0.4, -0.2) is 34.5 Å². The lowest BCUT2D eigenvalue weighted by Crippen LogP contribution is -2.20. The molecule has 0 heterocycles. The van der Waals surface area contributed by atoms with Crippen LogP contribution in [0.4, 0.5) is 0 Å². The highest BCUT2D eigenvalue weighted by atomic mass is 16.5. The van der Waals surface area contributed by atoms with Gasteiger partial charge in [-0.15, -0.1) is 0 Å². The first kappa shape index (κ1) is 15.8.